The molecule has 2 atom stereocenters. The van der Waals surface area contributed by atoms with Gasteiger partial charge in [-0.1, -0.05) is 24.3 Å². The number of nitrogens with one attached hydrogen (secondary N) is 1. The van der Waals surface area contributed by atoms with E-state index in [4.69, 9.17) is 0 Å². The molecule has 0 bridgehead atoms. The predicted octanol–water partition coefficient (Wildman–Crippen LogP) is 2.25. The van der Waals surface area contributed by atoms with Crippen LogP contribution in [0, 0.1) is 0 Å². The van der Waals surface area contributed by atoms with Crippen molar-refractivity contribution in [1.82, 2.24) is 15.1 Å². The molecule has 0 radical (unpaired) electrons. The summed E-state index contributed by atoms with van der Waals surface area (Å²) in [5.74, 6) is 0.263. The molecule has 1 aliphatic carbocycles. The fourth-order valence-electron chi connectivity index (χ4n) is 3.43. The number of aryl methyl sites for hydroxylation is 2. The summed E-state index contributed by atoms with van der Waals surface area (Å²) in [5, 5.41) is 17.5. The number of aromatic nitrogens is 2. The Labute approximate surface area is 142 Å². The molecular formula is C19H25N3O2. The summed E-state index contributed by atoms with van der Waals surface area (Å²) in [6, 6.07) is 8.40. The minimum Gasteiger partial charge on any atom is -0.383 e. The van der Waals surface area contributed by atoms with E-state index >= 15 is 0 Å². The molecule has 0 fully saturated rings. The van der Waals surface area contributed by atoms with Gasteiger partial charge in [-0.05, 0) is 43.2 Å². The van der Waals surface area contributed by atoms with Crippen LogP contribution < -0.4 is 5.32 Å². The highest BCUT2D eigenvalue weighted by molar-refractivity contribution is 5.77. The first-order valence-corrected chi connectivity index (χ1v) is 8.52. The zero-order chi connectivity index (χ0) is 17.2. The smallest absolute Gasteiger partial charge is 0.220 e. The van der Waals surface area contributed by atoms with Crippen molar-refractivity contribution in [1.29, 1.82) is 0 Å². The molecule has 2 unspecified atom stereocenters. The summed E-state index contributed by atoms with van der Waals surface area (Å²) in [5.41, 5.74) is 2.25. The van der Waals surface area contributed by atoms with Crippen molar-refractivity contribution in [3.8, 4) is 0 Å². The average Bonchev–Trinajstić information content (AvgIpc) is 3.01. The summed E-state index contributed by atoms with van der Waals surface area (Å²) in [6.45, 7) is 1.88. The molecule has 5 heteroatoms. The highest BCUT2D eigenvalue weighted by Gasteiger charge is 2.27. The number of benzene rings is 1. The molecular weight excluding hydrogens is 302 g/mol. The van der Waals surface area contributed by atoms with Crippen LogP contribution in [-0.2, 0) is 23.9 Å². The number of carbonyl (C=O) groups excluding carboxylic acids is 1. The standard InChI is InChI=1S/C19H25N3O2/c1-19(24,16-11-21-22(2)12-16)13-20-18(23)10-15-8-5-7-14-6-3-4-9-17(14)15/h3-4,6,9,11-12,15,24H,5,7-8,10,13H2,1-2H3,(H,20,23). The Kier molecular flexibility index (Phi) is 4.71. The van der Waals surface area contributed by atoms with Gasteiger partial charge in [0.1, 0.15) is 5.60 Å². The van der Waals surface area contributed by atoms with E-state index in [1.54, 1.807) is 31.0 Å². The minimum atomic E-state index is -1.12. The third-order valence-corrected chi connectivity index (χ3v) is 4.88. The minimum absolute atomic E-state index is 0.0131. The molecule has 1 aromatic carbocycles. The van der Waals surface area contributed by atoms with E-state index in [0.29, 0.717) is 12.0 Å². The maximum Gasteiger partial charge on any atom is 0.220 e. The fourth-order valence-corrected chi connectivity index (χ4v) is 3.43. The second-order valence-corrected chi connectivity index (χ2v) is 6.95. The van der Waals surface area contributed by atoms with Crippen LogP contribution >= 0.6 is 0 Å². The van der Waals surface area contributed by atoms with Crippen LogP contribution in [0.5, 0.6) is 0 Å². The van der Waals surface area contributed by atoms with Gasteiger partial charge in [0.25, 0.3) is 0 Å². The van der Waals surface area contributed by atoms with Crippen LogP contribution in [0.2, 0.25) is 0 Å². The Balaban J connectivity index is 1.59. The Bertz CT molecular complexity index is 721. The molecule has 1 amide bonds. The van der Waals surface area contributed by atoms with Crippen LogP contribution in [0.4, 0.5) is 0 Å². The molecule has 24 heavy (non-hydrogen) atoms. The first-order chi connectivity index (χ1) is 11.5. The first-order valence-electron chi connectivity index (χ1n) is 8.52. The molecule has 2 aromatic rings. The van der Waals surface area contributed by atoms with E-state index in [2.05, 4.69) is 28.6 Å². The van der Waals surface area contributed by atoms with Gasteiger partial charge in [0.15, 0.2) is 0 Å². The van der Waals surface area contributed by atoms with Crippen LogP contribution in [-0.4, -0.2) is 27.3 Å². The van der Waals surface area contributed by atoms with E-state index in [9.17, 15) is 9.90 Å². The topological polar surface area (TPSA) is 67.2 Å². The number of carbonyl (C=O) groups is 1. The second kappa shape index (κ2) is 6.77. The SMILES string of the molecule is Cn1cc(C(C)(O)CNC(=O)CC2CCCc3ccccc32)cn1. The fraction of sp³-hybridized carbons (Fsp3) is 0.474. The van der Waals surface area contributed by atoms with Gasteiger partial charge < -0.3 is 10.4 Å². The normalized spacial score (nSPS) is 19.4. The zero-order valence-corrected chi connectivity index (χ0v) is 14.3. The Hall–Kier alpha value is -2.14. The number of rotatable bonds is 5. The largest absolute Gasteiger partial charge is 0.383 e. The Morgan fingerprint density at radius 2 is 2.25 bits per heavy atom. The second-order valence-electron chi connectivity index (χ2n) is 6.95. The van der Waals surface area contributed by atoms with Crippen molar-refractivity contribution in [3.63, 3.8) is 0 Å². The number of hydrogen-bond donors (Lipinski definition) is 2. The molecule has 1 aliphatic rings. The molecule has 3 rings (SSSR count). The lowest BCUT2D eigenvalue weighted by Crippen LogP contribution is -2.39. The maximum atomic E-state index is 12.4. The van der Waals surface area contributed by atoms with E-state index < -0.39 is 5.60 Å². The Morgan fingerprint density at radius 1 is 1.46 bits per heavy atom. The summed E-state index contributed by atoms with van der Waals surface area (Å²) in [7, 11) is 1.80. The van der Waals surface area contributed by atoms with Gasteiger partial charge >= 0.3 is 0 Å². The number of amides is 1. The summed E-state index contributed by atoms with van der Waals surface area (Å²) in [6.07, 6.45) is 7.14. The van der Waals surface area contributed by atoms with E-state index in [1.165, 1.54) is 11.1 Å². The maximum absolute atomic E-state index is 12.4. The van der Waals surface area contributed by atoms with Crippen LogP contribution in [0.25, 0.3) is 0 Å². The monoisotopic (exact) mass is 327 g/mol. The van der Waals surface area contributed by atoms with E-state index in [-0.39, 0.29) is 18.4 Å². The van der Waals surface area contributed by atoms with Crippen molar-refractivity contribution in [2.24, 2.45) is 7.05 Å². The zero-order valence-electron chi connectivity index (χ0n) is 14.3. The molecule has 0 spiro atoms. The molecule has 1 heterocycles. The molecule has 5 nitrogen and oxygen atoms in total. The van der Waals surface area contributed by atoms with Crippen molar-refractivity contribution >= 4 is 5.91 Å². The molecule has 0 saturated carbocycles. The summed E-state index contributed by atoms with van der Waals surface area (Å²) >= 11 is 0. The van der Waals surface area contributed by atoms with Crippen molar-refractivity contribution in [2.45, 2.75) is 44.1 Å². The molecule has 1 aromatic heterocycles. The Morgan fingerprint density at radius 3 is 3.00 bits per heavy atom. The summed E-state index contributed by atoms with van der Waals surface area (Å²) < 4.78 is 1.64. The third-order valence-electron chi connectivity index (χ3n) is 4.88. The number of hydrogen-bond acceptors (Lipinski definition) is 3. The third kappa shape index (κ3) is 3.67. The molecule has 0 aliphatic heterocycles. The van der Waals surface area contributed by atoms with Gasteiger partial charge in [0.05, 0.1) is 12.7 Å². The first kappa shape index (κ1) is 16.7. The lowest BCUT2D eigenvalue weighted by atomic mass is 9.81. The van der Waals surface area contributed by atoms with Gasteiger partial charge in [0.2, 0.25) is 5.91 Å². The molecule has 2 N–H and O–H groups in total. The van der Waals surface area contributed by atoms with Crippen molar-refractivity contribution in [2.75, 3.05) is 6.54 Å². The van der Waals surface area contributed by atoms with Gasteiger partial charge in [0, 0.05) is 25.2 Å². The van der Waals surface area contributed by atoms with Crippen LogP contribution in [0.1, 0.15) is 48.8 Å². The molecule has 0 saturated heterocycles. The lowest BCUT2D eigenvalue weighted by molar-refractivity contribution is -0.122. The van der Waals surface area contributed by atoms with Gasteiger partial charge in [-0.15, -0.1) is 0 Å². The van der Waals surface area contributed by atoms with E-state index in [0.717, 1.165) is 19.3 Å². The van der Waals surface area contributed by atoms with Crippen molar-refractivity contribution < 1.29 is 9.90 Å². The van der Waals surface area contributed by atoms with Crippen LogP contribution in [0.3, 0.4) is 0 Å². The van der Waals surface area contributed by atoms with Crippen LogP contribution in [0.15, 0.2) is 36.7 Å². The van der Waals surface area contributed by atoms with Gasteiger partial charge in [-0.3, -0.25) is 9.48 Å². The number of nitrogens with zero attached hydrogens (tertiary/aromatic N) is 2. The predicted molar refractivity (Wildman–Crippen MR) is 92.5 cm³/mol. The van der Waals surface area contributed by atoms with E-state index in [1.807, 2.05) is 6.07 Å². The summed E-state index contributed by atoms with van der Waals surface area (Å²) in [4.78, 5) is 12.4. The average molecular weight is 327 g/mol. The quantitative estimate of drug-likeness (QED) is 0.885. The lowest BCUT2D eigenvalue weighted by Gasteiger charge is -2.26. The highest BCUT2D eigenvalue weighted by atomic mass is 16.3. The van der Waals surface area contributed by atoms with Crippen molar-refractivity contribution in [3.05, 3.63) is 53.3 Å². The number of fused-ring (bicyclic) bond motifs is 1. The van der Waals surface area contributed by atoms with Gasteiger partial charge in [-0.25, -0.2) is 0 Å². The highest BCUT2D eigenvalue weighted by Crippen LogP contribution is 2.33. The molecule has 128 valence electrons. The number of aliphatic hydroxyl groups is 1. The van der Waals surface area contributed by atoms with Gasteiger partial charge in [-0.2, -0.15) is 5.10 Å².